The Bertz CT molecular complexity index is 562. The van der Waals surface area contributed by atoms with Crippen LogP contribution in [0.25, 0.3) is 5.82 Å². The first-order chi connectivity index (χ1) is 8.11. The summed E-state index contributed by atoms with van der Waals surface area (Å²) in [4.78, 5) is 19.1. The zero-order valence-corrected chi connectivity index (χ0v) is 9.58. The minimum absolute atomic E-state index is 0.182. The minimum atomic E-state index is -0.987. The molecule has 2 heterocycles. The van der Waals surface area contributed by atoms with Crippen LogP contribution in [0.4, 0.5) is 0 Å². The predicted molar refractivity (Wildman–Crippen MR) is 60.2 cm³/mol. The second-order valence-corrected chi connectivity index (χ2v) is 3.60. The lowest BCUT2D eigenvalue weighted by Gasteiger charge is -2.01. The fourth-order valence-electron chi connectivity index (χ4n) is 1.49. The zero-order chi connectivity index (χ0) is 12.4. The summed E-state index contributed by atoms with van der Waals surface area (Å²) in [5.41, 5.74) is 1.54. The summed E-state index contributed by atoms with van der Waals surface area (Å²) in [5.74, 6) is -0.411. The van der Waals surface area contributed by atoms with Crippen LogP contribution < -0.4 is 0 Å². The van der Waals surface area contributed by atoms with Crippen molar-refractivity contribution < 1.29 is 9.90 Å². The van der Waals surface area contributed by atoms with Crippen LogP contribution in [0, 0.1) is 6.92 Å². The average Bonchev–Trinajstić information content (AvgIpc) is 2.71. The van der Waals surface area contributed by atoms with Gasteiger partial charge in [-0.25, -0.2) is 19.4 Å². The van der Waals surface area contributed by atoms with E-state index in [4.69, 9.17) is 5.11 Å². The van der Waals surface area contributed by atoms with Crippen LogP contribution >= 0.6 is 0 Å². The predicted octanol–water partition coefficient (Wildman–Crippen LogP) is 1.23. The molecule has 0 bridgehead atoms. The van der Waals surface area contributed by atoms with E-state index >= 15 is 0 Å². The summed E-state index contributed by atoms with van der Waals surface area (Å²) in [7, 11) is 0. The van der Waals surface area contributed by atoms with Crippen molar-refractivity contribution in [2.75, 3.05) is 0 Å². The third kappa shape index (κ3) is 2.15. The van der Waals surface area contributed by atoms with Crippen molar-refractivity contribution in [3.63, 3.8) is 0 Å². The van der Waals surface area contributed by atoms with Gasteiger partial charge in [0.15, 0.2) is 5.82 Å². The van der Waals surface area contributed by atoms with Crippen molar-refractivity contribution in [3.8, 4) is 5.82 Å². The average molecular weight is 232 g/mol. The second-order valence-electron chi connectivity index (χ2n) is 3.60. The molecule has 6 heteroatoms. The van der Waals surface area contributed by atoms with E-state index in [1.807, 2.05) is 6.92 Å². The van der Waals surface area contributed by atoms with Crippen molar-refractivity contribution in [2.24, 2.45) is 0 Å². The molecule has 2 aromatic heterocycles. The van der Waals surface area contributed by atoms with Crippen LogP contribution in [0.1, 0.15) is 28.7 Å². The molecular weight excluding hydrogens is 220 g/mol. The Morgan fingerprint density at radius 3 is 2.82 bits per heavy atom. The molecule has 0 atom stereocenters. The monoisotopic (exact) mass is 232 g/mol. The minimum Gasteiger partial charge on any atom is -0.478 e. The van der Waals surface area contributed by atoms with Gasteiger partial charge in [-0.2, -0.15) is 5.10 Å². The topological polar surface area (TPSA) is 80.9 Å². The molecule has 0 amide bonds. The first-order valence-corrected chi connectivity index (χ1v) is 5.22. The Morgan fingerprint density at radius 1 is 1.47 bits per heavy atom. The van der Waals surface area contributed by atoms with Crippen molar-refractivity contribution in [3.05, 3.63) is 35.5 Å². The quantitative estimate of drug-likeness (QED) is 0.860. The van der Waals surface area contributed by atoms with E-state index in [9.17, 15) is 4.79 Å². The van der Waals surface area contributed by atoms with Gasteiger partial charge in [-0.3, -0.25) is 0 Å². The number of carboxylic acid groups (broad SMARTS) is 1. The highest BCUT2D eigenvalue weighted by molar-refractivity contribution is 5.88. The maximum Gasteiger partial charge on any atom is 0.339 e. The van der Waals surface area contributed by atoms with Gasteiger partial charge >= 0.3 is 5.97 Å². The lowest BCUT2D eigenvalue weighted by molar-refractivity contribution is 0.0696. The van der Waals surface area contributed by atoms with Crippen molar-refractivity contribution in [2.45, 2.75) is 20.3 Å². The third-order valence-corrected chi connectivity index (χ3v) is 2.44. The maximum absolute atomic E-state index is 10.9. The number of nitrogens with zero attached hydrogens (tertiary/aromatic N) is 4. The number of carboxylic acids is 1. The van der Waals surface area contributed by atoms with E-state index in [0.717, 1.165) is 12.1 Å². The molecule has 0 spiro atoms. The molecule has 88 valence electrons. The number of aromatic carboxylic acids is 1. The summed E-state index contributed by atoms with van der Waals surface area (Å²) < 4.78 is 1.46. The molecule has 0 aliphatic carbocycles. The Balaban J connectivity index is 2.46. The summed E-state index contributed by atoms with van der Waals surface area (Å²) in [6.07, 6.45) is 3.70. The largest absolute Gasteiger partial charge is 0.478 e. The zero-order valence-electron chi connectivity index (χ0n) is 9.58. The van der Waals surface area contributed by atoms with Crippen LogP contribution in [0.5, 0.6) is 0 Å². The van der Waals surface area contributed by atoms with Gasteiger partial charge in [-0.1, -0.05) is 6.92 Å². The summed E-state index contributed by atoms with van der Waals surface area (Å²) in [6.45, 7) is 3.64. The molecular formula is C11H12N4O2. The van der Waals surface area contributed by atoms with Crippen LogP contribution in [0.3, 0.4) is 0 Å². The molecule has 2 rings (SSSR count). The molecule has 0 unspecified atom stereocenters. The van der Waals surface area contributed by atoms with Gasteiger partial charge in [-0.05, 0) is 13.3 Å². The van der Waals surface area contributed by atoms with Gasteiger partial charge in [-0.15, -0.1) is 0 Å². The molecule has 0 radical (unpaired) electrons. The van der Waals surface area contributed by atoms with Gasteiger partial charge in [0.2, 0.25) is 0 Å². The Morgan fingerprint density at radius 2 is 2.24 bits per heavy atom. The lowest BCUT2D eigenvalue weighted by Crippen LogP contribution is -2.01. The van der Waals surface area contributed by atoms with E-state index in [2.05, 4.69) is 15.1 Å². The number of rotatable bonds is 3. The summed E-state index contributed by atoms with van der Waals surface area (Å²) in [5, 5.41) is 13.1. The number of aromatic nitrogens is 4. The molecule has 2 aromatic rings. The Labute approximate surface area is 98.0 Å². The molecule has 0 aliphatic rings. The smallest absolute Gasteiger partial charge is 0.339 e. The first-order valence-electron chi connectivity index (χ1n) is 5.22. The summed E-state index contributed by atoms with van der Waals surface area (Å²) >= 11 is 0. The number of aryl methyl sites for hydroxylation is 2. The van der Waals surface area contributed by atoms with Gasteiger partial charge < -0.3 is 5.11 Å². The molecule has 0 saturated carbocycles. The van der Waals surface area contributed by atoms with Crippen LogP contribution in [0.15, 0.2) is 18.6 Å². The second kappa shape index (κ2) is 4.32. The highest BCUT2D eigenvalue weighted by Crippen LogP contribution is 2.10. The molecule has 0 saturated heterocycles. The molecule has 6 nitrogen and oxygen atoms in total. The molecule has 17 heavy (non-hydrogen) atoms. The molecule has 0 fully saturated rings. The van der Waals surface area contributed by atoms with Crippen LogP contribution in [0.2, 0.25) is 0 Å². The van der Waals surface area contributed by atoms with E-state index in [-0.39, 0.29) is 5.56 Å². The first kappa shape index (κ1) is 11.3. The fourth-order valence-corrected chi connectivity index (χ4v) is 1.49. The lowest BCUT2D eigenvalue weighted by atomic mass is 10.3. The maximum atomic E-state index is 10.9. The Hall–Kier alpha value is -2.24. The number of hydrogen-bond acceptors (Lipinski definition) is 4. The van der Waals surface area contributed by atoms with Crippen LogP contribution in [-0.2, 0) is 6.42 Å². The number of hydrogen-bond donors (Lipinski definition) is 1. The highest BCUT2D eigenvalue weighted by Gasteiger charge is 2.13. The van der Waals surface area contributed by atoms with Gasteiger partial charge in [0.05, 0.1) is 5.69 Å². The fraction of sp³-hybridized carbons (Fsp3) is 0.273. The van der Waals surface area contributed by atoms with Gasteiger partial charge in [0.1, 0.15) is 11.9 Å². The van der Waals surface area contributed by atoms with E-state index in [0.29, 0.717) is 11.5 Å². The molecule has 0 aliphatic heterocycles. The van der Waals surface area contributed by atoms with Gasteiger partial charge in [0.25, 0.3) is 0 Å². The van der Waals surface area contributed by atoms with Crippen molar-refractivity contribution in [1.82, 2.24) is 19.7 Å². The van der Waals surface area contributed by atoms with Crippen molar-refractivity contribution in [1.29, 1.82) is 0 Å². The van der Waals surface area contributed by atoms with E-state index in [1.54, 1.807) is 13.0 Å². The normalized spacial score (nSPS) is 10.5. The SMILES string of the molecule is CCc1cc(-n2cc(C(=O)O)c(C)n2)ncn1. The highest BCUT2D eigenvalue weighted by atomic mass is 16.4. The Kier molecular flexibility index (Phi) is 2.86. The van der Waals surface area contributed by atoms with E-state index < -0.39 is 5.97 Å². The van der Waals surface area contributed by atoms with E-state index in [1.165, 1.54) is 17.2 Å². The standard InChI is InChI=1S/C11H12N4O2/c1-3-8-4-10(13-6-12-8)15-5-9(11(16)17)7(2)14-15/h4-6H,3H2,1-2H3,(H,16,17). The molecule has 0 aromatic carbocycles. The van der Waals surface area contributed by atoms with Crippen molar-refractivity contribution >= 4 is 5.97 Å². The number of carbonyl (C=O) groups is 1. The third-order valence-electron chi connectivity index (χ3n) is 2.44. The van der Waals surface area contributed by atoms with Gasteiger partial charge in [0, 0.05) is 18.0 Å². The molecule has 1 N–H and O–H groups in total. The van der Waals surface area contributed by atoms with Crippen LogP contribution in [-0.4, -0.2) is 30.8 Å². The summed E-state index contributed by atoms with van der Waals surface area (Å²) in [6, 6.07) is 1.79.